The smallest absolute Gasteiger partial charge is 0.157 e. The predicted molar refractivity (Wildman–Crippen MR) is 71.0 cm³/mol. The molecule has 6 heteroatoms. The Morgan fingerprint density at radius 2 is 2.11 bits per heavy atom. The first-order chi connectivity index (χ1) is 9.31. The summed E-state index contributed by atoms with van der Waals surface area (Å²) >= 11 is 5.91. The molecule has 0 aliphatic heterocycles. The topological polar surface area (TPSA) is 56.2 Å². The highest BCUT2D eigenvalue weighted by molar-refractivity contribution is 6.29. The van der Waals surface area contributed by atoms with Crippen molar-refractivity contribution in [3.05, 3.63) is 47.9 Å². The molecule has 4 aromatic rings. The Kier molecular flexibility index (Phi) is 2.10. The van der Waals surface area contributed by atoms with E-state index in [1.54, 1.807) is 29.0 Å². The number of hydrogen-bond acceptors (Lipinski definition) is 4. The molecule has 0 saturated carbocycles. The van der Waals surface area contributed by atoms with Gasteiger partial charge in [0.2, 0.25) is 0 Å². The van der Waals surface area contributed by atoms with Crippen LogP contribution in [0.4, 0.5) is 0 Å². The van der Waals surface area contributed by atoms with Crippen LogP contribution in [0.1, 0.15) is 0 Å². The highest BCUT2D eigenvalue weighted by Gasteiger charge is 2.12. The zero-order valence-corrected chi connectivity index (χ0v) is 10.4. The highest BCUT2D eigenvalue weighted by Crippen LogP contribution is 2.26. The normalized spacial score (nSPS) is 11.4. The zero-order valence-electron chi connectivity index (χ0n) is 9.62. The lowest BCUT2D eigenvalue weighted by atomic mass is 10.3. The first-order valence-electron chi connectivity index (χ1n) is 5.66. The largest absolute Gasteiger partial charge is 0.453 e. The lowest BCUT2D eigenvalue weighted by Gasteiger charge is -1.97. The molecule has 0 aliphatic carbocycles. The molecule has 0 radical (unpaired) electrons. The van der Waals surface area contributed by atoms with Gasteiger partial charge >= 0.3 is 0 Å². The van der Waals surface area contributed by atoms with E-state index in [9.17, 15) is 0 Å². The van der Waals surface area contributed by atoms with E-state index < -0.39 is 0 Å². The number of fused-ring (bicyclic) bond motifs is 2. The highest BCUT2D eigenvalue weighted by atomic mass is 35.5. The minimum atomic E-state index is 0.404. The van der Waals surface area contributed by atoms with Gasteiger partial charge in [0.1, 0.15) is 16.4 Å². The van der Waals surface area contributed by atoms with Gasteiger partial charge in [-0.1, -0.05) is 11.6 Å². The molecule has 0 atom stereocenters. The molecular weight excluding hydrogens is 264 g/mol. The van der Waals surface area contributed by atoms with Crippen LogP contribution in [0.15, 0.2) is 47.1 Å². The van der Waals surface area contributed by atoms with Crippen molar-refractivity contribution in [1.82, 2.24) is 19.6 Å². The van der Waals surface area contributed by atoms with Crippen molar-refractivity contribution in [2.45, 2.75) is 0 Å². The van der Waals surface area contributed by atoms with Crippen molar-refractivity contribution >= 4 is 28.3 Å². The number of nitrogens with zero attached hydrogens (tertiary/aromatic N) is 4. The minimum absolute atomic E-state index is 0.404. The maximum absolute atomic E-state index is 5.91. The van der Waals surface area contributed by atoms with E-state index in [1.165, 1.54) is 0 Å². The molecule has 0 fully saturated rings. The van der Waals surface area contributed by atoms with Gasteiger partial charge in [-0.3, -0.25) is 4.98 Å². The molecule has 0 spiro atoms. The summed E-state index contributed by atoms with van der Waals surface area (Å²) in [5.74, 6) is 0.663. The number of pyridine rings is 1. The van der Waals surface area contributed by atoms with Gasteiger partial charge in [-0.15, -0.1) is 0 Å². The van der Waals surface area contributed by atoms with Crippen molar-refractivity contribution in [3.63, 3.8) is 0 Å². The Labute approximate surface area is 112 Å². The molecule has 0 amide bonds. The number of hydrogen-bond donors (Lipinski definition) is 0. The first kappa shape index (κ1) is 10.5. The molecule has 4 rings (SSSR count). The number of imidazole rings is 1. The second-order valence-corrected chi connectivity index (χ2v) is 4.45. The number of aromatic nitrogens is 4. The van der Waals surface area contributed by atoms with Crippen LogP contribution in [-0.2, 0) is 0 Å². The van der Waals surface area contributed by atoms with Crippen LogP contribution in [0.5, 0.6) is 0 Å². The van der Waals surface area contributed by atoms with Gasteiger partial charge in [-0.25, -0.2) is 9.50 Å². The quantitative estimate of drug-likeness (QED) is 0.533. The van der Waals surface area contributed by atoms with E-state index in [4.69, 9.17) is 16.0 Å². The molecule has 19 heavy (non-hydrogen) atoms. The van der Waals surface area contributed by atoms with Crippen molar-refractivity contribution < 1.29 is 4.42 Å². The second-order valence-electron chi connectivity index (χ2n) is 4.07. The molecular formula is C13H7ClN4O. The van der Waals surface area contributed by atoms with Crippen LogP contribution >= 0.6 is 11.6 Å². The van der Waals surface area contributed by atoms with Crippen molar-refractivity contribution in [2.75, 3.05) is 0 Å². The Balaban J connectivity index is 2.00. The van der Waals surface area contributed by atoms with Crippen molar-refractivity contribution in [3.8, 4) is 11.5 Å². The van der Waals surface area contributed by atoms with Crippen molar-refractivity contribution in [1.29, 1.82) is 0 Å². The van der Waals surface area contributed by atoms with Crippen LogP contribution in [-0.4, -0.2) is 19.6 Å². The third-order valence-electron chi connectivity index (χ3n) is 2.87. The van der Waals surface area contributed by atoms with Crippen LogP contribution in [0.3, 0.4) is 0 Å². The third-order valence-corrected chi connectivity index (χ3v) is 3.07. The number of rotatable bonds is 1. The third kappa shape index (κ3) is 1.59. The maximum atomic E-state index is 5.91. The van der Waals surface area contributed by atoms with E-state index in [1.807, 2.05) is 18.2 Å². The summed E-state index contributed by atoms with van der Waals surface area (Å²) in [5, 5.41) is 4.63. The predicted octanol–water partition coefficient (Wildman–Crippen LogP) is 3.19. The molecule has 4 aromatic heterocycles. The van der Waals surface area contributed by atoms with E-state index in [0.29, 0.717) is 16.6 Å². The second kappa shape index (κ2) is 3.80. The Morgan fingerprint density at radius 3 is 3.00 bits per heavy atom. The molecule has 0 N–H and O–H groups in total. The van der Waals surface area contributed by atoms with E-state index in [2.05, 4.69) is 15.1 Å². The van der Waals surface area contributed by atoms with Crippen molar-refractivity contribution in [2.24, 2.45) is 0 Å². The van der Waals surface area contributed by atoms with Crippen LogP contribution in [0, 0.1) is 0 Å². The van der Waals surface area contributed by atoms with Gasteiger partial charge in [-0.2, -0.15) is 5.10 Å². The fourth-order valence-electron chi connectivity index (χ4n) is 2.01. The van der Waals surface area contributed by atoms with Gasteiger partial charge < -0.3 is 4.42 Å². The van der Waals surface area contributed by atoms with Gasteiger partial charge in [0.05, 0.1) is 6.20 Å². The molecule has 0 bridgehead atoms. The number of furan rings is 1. The van der Waals surface area contributed by atoms with Crippen LogP contribution < -0.4 is 0 Å². The summed E-state index contributed by atoms with van der Waals surface area (Å²) in [5.41, 5.74) is 2.99. The van der Waals surface area contributed by atoms with Crippen LogP contribution in [0.2, 0.25) is 5.15 Å². The molecule has 4 heterocycles. The summed E-state index contributed by atoms with van der Waals surface area (Å²) in [6.45, 7) is 0. The average Bonchev–Trinajstić information content (AvgIpc) is 3.00. The molecule has 0 aliphatic rings. The zero-order chi connectivity index (χ0) is 12.8. The van der Waals surface area contributed by atoms with E-state index >= 15 is 0 Å². The van der Waals surface area contributed by atoms with Crippen LogP contribution in [0.25, 0.3) is 28.2 Å². The summed E-state index contributed by atoms with van der Waals surface area (Å²) in [7, 11) is 0. The lowest BCUT2D eigenvalue weighted by molar-refractivity contribution is 0.625. The summed E-state index contributed by atoms with van der Waals surface area (Å²) in [6, 6.07) is 9.07. The van der Waals surface area contributed by atoms with Gasteiger partial charge in [-0.05, 0) is 24.3 Å². The molecule has 0 aromatic carbocycles. The molecule has 0 saturated heterocycles. The Hall–Kier alpha value is -2.40. The summed E-state index contributed by atoms with van der Waals surface area (Å²) in [6.07, 6.45) is 3.43. The lowest BCUT2D eigenvalue weighted by Crippen LogP contribution is -1.93. The van der Waals surface area contributed by atoms with E-state index in [-0.39, 0.29) is 0 Å². The maximum Gasteiger partial charge on any atom is 0.157 e. The first-order valence-corrected chi connectivity index (χ1v) is 6.04. The Bertz CT molecular complexity index is 863. The average molecular weight is 271 g/mol. The molecule has 92 valence electrons. The minimum Gasteiger partial charge on any atom is -0.453 e. The van der Waals surface area contributed by atoms with Gasteiger partial charge in [0.15, 0.2) is 17.0 Å². The Morgan fingerprint density at radius 1 is 1.16 bits per heavy atom. The fourth-order valence-corrected chi connectivity index (χ4v) is 2.15. The summed E-state index contributed by atoms with van der Waals surface area (Å²) in [4.78, 5) is 8.51. The molecule has 5 nitrogen and oxygen atoms in total. The monoisotopic (exact) mass is 270 g/mol. The molecule has 0 unspecified atom stereocenters. The van der Waals surface area contributed by atoms with Gasteiger partial charge in [0.25, 0.3) is 0 Å². The number of halogens is 1. The van der Waals surface area contributed by atoms with E-state index in [0.717, 1.165) is 16.8 Å². The standard InChI is InChI=1S/C13H7ClN4O/c14-12-3-4-13-16-7-9(18(13)17-12)11-6-8-10(19-11)2-1-5-15-8/h1-7H. The SMILES string of the molecule is Clc1ccc2ncc(-c3cc4ncccc4o3)n2n1. The fraction of sp³-hybridized carbons (Fsp3) is 0. The van der Waals surface area contributed by atoms with Gasteiger partial charge in [0, 0.05) is 12.3 Å². The summed E-state index contributed by atoms with van der Waals surface area (Å²) < 4.78 is 7.41.